The zero-order valence-electron chi connectivity index (χ0n) is 19.4. The maximum atomic E-state index is 13.5. The van der Waals surface area contributed by atoms with Gasteiger partial charge < -0.3 is 9.47 Å². The van der Waals surface area contributed by atoms with Crippen LogP contribution in [0.4, 0.5) is 5.69 Å². The topological polar surface area (TPSA) is 68.3 Å². The molecule has 2 fully saturated rings. The molecule has 8 heteroatoms. The lowest BCUT2D eigenvalue weighted by molar-refractivity contribution is -0.160. The highest BCUT2D eigenvalue weighted by Crippen LogP contribution is 2.46. The van der Waals surface area contributed by atoms with Gasteiger partial charge in [0.2, 0.25) is 5.91 Å². The standard InChI is InChI=1S/C27H25BrN2O5/c1-3-33-22-15-18(9-14-21(22)34-16-17-7-5-4-6-8-17)24-23-25(35-29(24)2)27(32)30(26(23)31)20-12-10-19(28)11-13-20/h4-15,23-25H,3,16H2,1-2H3/t23-,24+,25+/m0/s1. The molecule has 3 atom stereocenters. The summed E-state index contributed by atoms with van der Waals surface area (Å²) < 4.78 is 12.8. The summed E-state index contributed by atoms with van der Waals surface area (Å²) in [6.45, 7) is 2.78. The van der Waals surface area contributed by atoms with Crippen LogP contribution in [0.5, 0.6) is 11.5 Å². The molecule has 35 heavy (non-hydrogen) atoms. The summed E-state index contributed by atoms with van der Waals surface area (Å²) in [6, 6.07) is 22.2. The second kappa shape index (κ2) is 9.81. The molecule has 2 aliphatic rings. The summed E-state index contributed by atoms with van der Waals surface area (Å²) >= 11 is 3.39. The molecule has 0 saturated carbocycles. The predicted molar refractivity (Wildman–Crippen MR) is 134 cm³/mol. The number of carbonyl (C=O) groups is 2. The summed E-state index contributed by atoms with van der Waals surface area (Å²) in [5.41, 5.74) is 2.39. The van der Waals surface area contributed by atoms with Gasteiger partial charge in [0.05, 0.1) is 24.3 Å². The van der Waals surface area contributed by atoms with Gasteiger partial charge >= 0.3 is 0 Å². The van der Waals surface area contributed by atoms with E-state index < -0.39 is 18.1 Å². The van der Waals surface area contributed by atoms with Crippen molar-refractivity contribution in [3.63, 3.8) is 0 Å². The van der Waals surface area contributed by atoms with Crippen molar-refractivity contribution < 1.29 is 23.9 Å². The van der Waals surface area contributed by atoms with Crippen LogP contribution in [-0.2, 0) is 21.0 Å². The number of carbonyl (C=O) groups excluding carboxylic acids is 2. The van der Waals surface area contributed by atoms with Gasteiger partial charge in [0.1, 0.15) is 6.61 Å². The Morgan fingerprint density at radius 2 is 1.66 bits per heavy atom. The normalized spacial score (nSPS) is 21.9. The number of hydrogen-bond donors (Lipinski definition) is 0. The summed E-state index contributed by atoms with van der Waals surface area (Å²) in [6.07, 6.45) is -0.870. The van der Waals surface area contributed by atoms with Gasteiger partial charge in [-0.2, -0.15) is 5.06 Å². The molecule has 0 unspecified atom stereocenters. The molecule has 7 nitrogen and oxygen atoms in total. The van der Waals surface area contributed by atoms with E-state index in [4.69, 9.17) is 14.3 Å². The van der Waals surface area contributed by atoms with Crippen molar-refractivity contribution in [1.29, 1.82) is 0 Å². The summed E-state index contributed by atoms with van der Waals surface area (Å²) in [4.78, 5) is 33.7. The number of amides is 2. The zero-order valence-corrected chi connectivity index (χ0v) is 21.0. The average Bonchev–Trinajstić information content (AvgIpc) is 3.33. The average molecular weight is 537 g/mol. The van der Waals surface area contributed by atoms with E-state index in [9.17, 15) is 9.59 Å². The van der Waals surface area contributed by atoms with Gasteiger partial charge in [-0.05, 0) is 54.4 Å². The third-order valence-electron chi connectivity index (χ3n) is 6.24. The number of hydroxylamine groups is 2. The molecule has 3 aromatic rings. The van der Waals surface area contributed by atoms with Crippen molar-refractivity contribution in [3.05, 3.63) is 88.4 Å². The minimum absolute atomic E-state index is 0.279. The molecule has 0 aliphatic carbocycles. The SMILES string of the molecule is CCOc1cc([C@@H]2[C@@H]3C(=O)N(c4ccc(Br)cc4)C(=O)[C@@H]3ON2C)ccc1OCc1ccccc1. The second-order valence-electron chi connectivity index (χ2n) is 8.44. The fraction of sp³-hybridized carbons (Fsp3) is 0.259. The Kier molecular flexibility index (Phi) is 6.60. The number of ether oxygens (including phenoxy) is 2. The van der Waals surface area contributed by atoms with Gasteiger partial charge in [-0.25, -0.2) is 4.90 Å². The van der Waals surface area contributed by atoms with E-state index >= 15 is 0 Å². The largest absolute Gasteiger partial charge is 0.490 e. The van der Waals surface area contributed by atoms with Crippen LogP contribution in [-0.4, -0.2) is 36.6 Å². The molecule has 5 rings (SSSR count). The van der Waals surface area contributed by atoms with E-state index in [-0.39, 0.29) is 11.8 Å². The van der Waals surface area contributed by atoms with Crippen LogP contribution in [0.15, 0.2) is 77.3 Å². The Morgan fingerprint density at radius 3 is 2.37 bits per heavy atom. The van der Waals surface area contributed by atoms with E-state index in [0.29, 0.717) is 30.4 Å². The molecule has 2 heterocycles. The number of fused-ring (bicyclic) bond motifs is 1. The fourth-order valence-corrected chi connectivity index (χ4v) is 4.91. The monoisotopic (exact) mass is 536 g/mol. The molecule has 0 bridgehead atoms. The highest BCUT2D eigenvalue weighted by Gasteiger charge is 2.59. The molecule has 2 saturated heterocycles. The van der Waals surface area contributed by atoms with Gasteiger partial charge in [-0.3, -0.25) is 14.4 Å². The van der Waals surface area contributed by atoms with E-state index in [0.717, 1.165) is 15.6 Å². The van der Waals surface area contributed by atoms with Crippen LogP contribution in [0, 0.1) is 5.92 Å². The fourth-order valence-electron chi connectivity index (χ4n) is 4.64. The Balaban J connectivity index is 1.42. The Morgan fingerprint density at radius 1 is 0.914 bits per heavy atom. The number of halogens is 1. The Labute approximate surface area is 212 Å². The summed E-state index contributed by atoms with van der Waals surface area (Å²) in [7, 11) is 1.74. The van der Waals surface area contributed by atoms with Crippen LogP contribution in [0.25, 0.3) is 0 Å². The van der Waals surface area contributed by atoms with Crippen molar-refractivity contribution in [2.45, 2.75) is 25.7 Å². The van der Waals surface area contributed by atoms with Crippen molar-refractivity contribution in [2.24, 2.45) is 5.92 Å². The first-order valence-electron chi connectivity index (χ1n) is 11.4. The highest BCUT2D eigenvalue weighted by molar-refractivity contribution is 9.10. The van der Waals surface area contributed by atoms with Crippen molar-refractivity contribution in [2.75, 3.05) is 18.6 Å². The Hall–Kier alpha value is -3.20. The van der Waals surface area contributed by atoms with E-state index in [1.807, 2.05) is 55.5 Å². The smallest absolute Gasteiger partial charge is 0.265 e. The number of rotatable bonds is 7. The Bertz CT molecular complexity index is 1230. The first kappa shape index (κ1) is 23.5. The molecule has 0 radical (unpaired) electrons. The molecular formula is C27H25BrN2O5. The maximum absolute atomic E-state index is 13.5. The quantitative estimate of drug-likeness (QED) is 0.400. The summed E-state index contributed by atoms with van der Waals surface area (Å²) in [5, 5.41) is 1.60. The molecule has 180 valence electrons. The second-order valence-corrected chi connectivity index (χ2v) is 9.36. The lowest BCUT2D eigenvalue weighted by Crippen LogP contribution is -2.36. The van der Waals surface area contributed by atoms with Crippen LogP contribution >= 0.6 is 15.9 Å². The first-order chi connectivity index (χ1) is 17.0. The molecule has 0 aromatic heterocycles. The molecule has 2 amide bonds. The van der Waals surface area contributed by atoms with E-state index in [2.05, 4.69) is 15.9 Å². The molecule has 2 aliphatic heterocycles. The first-order valence-corrected chi connectivity index (χ1v) is 12.2. The van der Waals surface area contributed by atoms with Crippen LogP contribution in [0.2, 0.25) is 0 Å². The summed E-state index contributed by atoms with van der Waals surface area (Å²) in [5.74, 6) is -0.104. The molecule has 3 aromatic carbocycles. The van der Waals surface area contributed by atoms with Crippen LogP contribution in [0.3, 0.4) is 0 Å². The number of benzene rings is 3. The van der Waals surface area contributed by atoms with Crippen LogP contribution in [0.1, 0.15) is 24.1 Å². The van der Waals surface area contributed by atoms with Crippen molar-refractivity contribution in [3.8, 4) is 11.5 Å². The number of imide groups is 1. The predicted octanol–water partition coefficient (Wildman–Crippen LogP) is 4.90. The third kappa shape index (κ3) is 4.45. The van der Waals surface area contributed by atoms with Crippen molar-refractivity contribution in [1.82, 2.24) is 5.06 Å². The lowest BCUT2D eigenvalue weighted by Gasteiger charge is -2.25. The molecular weight excluding hydrogens is 512 g/mol. The number of nitrogens with zero attached hydrogens (tertiary/aromatic N) is 2. The van der Waals surface area contributed by atoms with Gasteiger partial charge in [0.25, 0.3) is 5.91 Å². The van der Waals surface area contributed by atoms with Gasteiger partial charge in [0, 0.05) is 11.5 Å². The van der Waals surface area contributed by atoms with Gasteiger partial charge in [0.15, 0.2) is 17.6 Å². The van der Waals surface area contributed by atoms with Crippen molar-refractivity contribution >= 4 is 33.4 Å². The van der Waals surface area contributed by atoms with E-state index in [1.165, 1.54) is 4.90 Å². The third-order valence-corrected chi connectivity index (χ3v) is 6.77. The maximum Gasteiger partial charge on any atom is 0.265 e. The highest BCUT2D eigenvalue weighted by atomic mass is 79.9. The van der Waals surface area contributed by atoms with Crippen LogP contribution < -0.4 is 14.4 Å². The lowest BCUT2D eigenvalue weighted by atomic mass is 9.91. The minimum atomic E-state index is -0.870. The minimum Gasteiger partial charge on any atom is -0.490 e. The number of anilines is 1. The molecule has 0 spiro atoms. The van der Waals surface area contributed by atoms with Gasteiger partial charge in [-0.1, -0.05) is 52.3 Å². The zero-order chi connectivity index (χ0) is 24.5. The number of hydrogen-bond acceptors (Lipinski definition) is 6. The van der Waals surface area contributed by atoms with E-state index in [1.54, 1.807) is 36.4 Å². The van der Waals surface area contributed by atoms with Gasteiger partial charge in [-0.15, -0.1) is 0 Å². The molecule has 0 N–H and O–H groups in total.